The zero-order valence-corrected chi connectivity index (χ0v) is 18.2. The van der Waals surface area contributed by atoms with Crippen LogP contribution in [0.4, 0.5) is 11.6 Å². The van der Waals surface area contributed by atoms with E-state index in [9.17, 15) is 4.79 Å². The molecule has 3 aromatic rings. The Bertz CT molecular complexity index is 1120. The van der Waals surface area contributed by atoms with Crippen LogP contribution in [-0.2, 0) is 4.79 Å². The fraction of sp³-hybridized carbons (Fsp3) is 0.190. The van der Waals surface area contributed by atoms with E-state index in [4.69, 9.17) is 9.47 Å². The summed E-state index contributed by atoms with van der Waals surface area (Å²) in [5.41, 5.74) is 2.70. The predicted molar refractivity (Wildman–Crippen MR) is 117 cm³/mol. The van der Waals surface area contributed by atoms with E-state index >= 15 is 0 Å². The van der Waals surface area contributed by atoms with Crippen LogP contribution in [0.3, 0.4) is 0 Å². The highest BCUT2D eigenvalue weighted by molar-refractivity contribution is 9.10. The van der Waals surface area contributed by atoms with E-state index in [1.165, 1.54) is 6.33 Å². The molecule has 0 saturated heterocycles. The number of carbonyl (C=O) groups is 1. The Morgan fingerprint density at radius 2 is 1.93 bits per heavy atom. The van der Waals surface area contributed by atoms with Crippen molar-refractivity contribution in [1.82, 2.24) is 14.8 Å². The summed E-state index contributed by atoms with van der Waals surface area (Å²) < 4.78 is 13.3. The van der Waals surface area contributed by atoms with Crippen LogP contribution in [0.25, 0.3) is 0 Å². The van der Waals surface area contributed by atoms with E-state index < -0.39 is 6.04 Å². The van der Waals surface area contributed by atoms with E-state index in [2.05, 4.69) is 36.6 Å². The van der Waals surface area contributed by atoms with E-state index in [-0.39, 0.29) is 5.91 Å². The SMILES string of the molecule is COc1ccc(NC(=O)C2=C(C)Nc3ncnn3C2c2ccc(Br)cc2)c(OC)c1. The number of hydrogen-bond acceptors (Lipinski definition) is 6. The number of fused-ring (bicyclic) bond motifs is 1. The fourth-order valence-corrected chi connectivity index (χ4v) is 3.69. The average molecular weight is 470 g/mol. The molecule has 0 radical (unpaired) electrons. The summed E-state index contributed by atoms with van der Waals surface area (Å²) in [5.74, 6) is 1.46. The van der Waals surface area contributed by atoms with E-state index in [1.807, 2.05) is 31.2 Å². The molecule has 8 nitrogen and oxygen atoms in total. The smallest absolute Gasteiger partial charge is 0.255 e. The number of aromatic nitrogens is 3. The number of amides is 1. The number of benzene rings is 2. The van der Waals surface area contributed by atoms with Gasteiger partial charge in [0.15, 0.2) is 0 Å². The van der Waals surface area contributed by atoms with Gasteiger partial charge in [-0.25, -0.2) is 4.68 Å². The van der Waals surface area contributed by atoms with Gasteiger partial charge in [-0.05, 0) is 36.8 Å². The van der Waals surface area contributed by atoms with E-state index in [1.54, 1.807) is 37.1 Å². The number of halogens is 1. The maximum absolute atomic E-state index is 13.4. The Balaban J connectivity index is 1.74. The van der Waals surface area contributed by atoms with E-state index in [0.29, 0.717) is 34.4 Å². The highest BCUT2D eigenvalue weighted by Gasteiger charge is 2.33. The molecule has 1 atom stereocenters. The number of hydrogen-bond donors (Lipinski definition) is 2. The number of ether oxygens (including phenoxy) is 2. The Kier molecular flexibility index (Phi) is 5.45. The summed E-state index contributed by atoms with van der Waals surface area (Å²) in [6, 6.07) is 12.6. The highest BCUT2D eigenvalue weighted by atomic mass is 79.9. The minimum absolute atomic E-state index is 0.266. The van der Waals surface area contributed by atoms with Gasteiger partial charge in [-0.3, -0.25) is 4.79 Å². The third-order valence-electron chi connectivity index (χ3n) is 4.88. The molecule has 0 saturated carbocycles. The van der Waals surface area contributed by atoms with Crippen molar-refractivity contribution in [2.24, 2.45) is 0 Å². The van der Waals surface area contributed by atoms with Gasteiger partial charge in [0.05, 0.1) is 25.5 Å². The summed E-state index contributed by atoms with van der Waals surface area (Å²) in [6.07, 6.45) is 1.47. The van der Waals surface area contributed by atoms with Crippen molar-refractivity contribution in [2.45, 2.75) is 13.0 Å². The number of anilines is 2. The maximum Gasteiger partial charge on any atom is 0.255 e. The number of methoxy groups -OCH3 is 2. The monoisotopic (exact) mass is 469 g/mol. The van der Waals surface area contributed by atoms with Crippen LogP contribution in [0, 0.1) is 0 Å². The van der Waals surface area contributed by atoms with Crippen molar-refractivity contribution in [3.05, 3.63) is 70.1 Å². The van der Waals surface area contributed by atoms with Gasteiger partial charge in [-0.1, -0.05) is 28.1 Å². The number of carbonyl (C=O) groups excluding carboxylic acids is 1. The average Bonchev–Trinajstić information content (AvgIpc) is 3.21. The van der Waals surface area contributed by atoms with Crippen LogP contribution in [-0.4, -0.2) is 34.9 Å². The van der Waals surface area contributed by atoms with Gasteiger partial charge >= 0.3 is 0 Å². The quantitative estimate of drug-likeness (QED) is 0.587. The lowest BCUT2D eigenvalue weighted by Crippen LogP contribution is -2.31. The predicted octanol–water partition coefficient (Wildman–Crippen LogP) is 3.99. The standard InChI is InChI=1S/C21H20BrN5O3/c1-12-18(20(28)26-16-9-8-15(29-2)10-17(16)30-3)19(13-4-6-14(22)7-5-13)27-21(25-12)23-11-24-27/h4-11,19H,1-3H3,(H,26,28)(H,23,24,25). The Morgan fingerprint density at radius 3 is 2.63 bits per heavy atom. The lowest BCUT2D eigenvalue weighted by Gasteiger charge is -2.29. The first-order chi connectivity index (χ1) is 14.5. The minimum Gasteiger partial charge on any atom is -0.497 e. The molecule has 2 N–H and O–H groups in total. The first-order valence-electron chi connectivity index (χ1n) is 9.18. The maximum atomic E-state index is 13.4. The lowest BCUT2D eigenvalue weighted by molar-refractivity contribution is -0.113. The minimum atomic E-state index is -0.430. The first kappa shape index (κ1) is 20.0. The van der Waals surface area contributed by atoms with Crippen molar-refractivity contribution in [3.8, 4) is 11.5 Å². The van der Waals surface area contributed by atoms with Crippen molar-refractivity contribution in [2.75, 3.05) is 24.9 Å². The molecule has 1 aromatic heterocycles. The van der Waals surface area contributed by atoms with Crippen LogP contribution in [0.2, 0.25) is 0 Å². The molecule has 1 amide bonds. The number of nitrogens with zero attached hydrogens (tertiary/aromatic N) is 3. The second-order valence-corrected chi connectivity index (χ2v) is 7.58. The van der Waals surface area contributed by atoms with Crippen LogP contribution in [0.5, 0.6) is 11.5 Å². The fourth-order valence-electron chi connectivity index (χ4n) is 3.43. The number of nitrogens with one attached hydrogen (secondary N) is 2. The molecule has 1 unspecified atom stereocenters. The second kappa shape index (κ2) is 8.19. The number of rotatable bonds is 5. The highest BCUT2D eigenvalue weighted by Crippen LogP contribution is 2.36. The van der Waals surface area contributed by atoms with Crippen LogP contribution >= 0.6 is 15.9 Å². The van der Waals surface area contributed by atoms with Crippen LogP contribution in [0.1, 0.15) is 18.5 Å². The van der Waals surface area contributed by atoms with Gasteiger partial charge in [-0.15, -0.1) is 0 Å². The number of allylic oxidation sites excluding steroid dienone is 1. The molecular formula is C21H20BrN5O3. The molecule has 1 aliphatic rings. The van der Waals surface area contributed by atoms with Crippen molar-refractivity contribution >= 4 is 33.5 Å². The van der Waals surface area contributed by atoms with Crippen LogP contribution in [0.15, 0.2) is 64.5 Å². The third-order valence-corrected chi connectivity index (χ3v) is 5.41. The molecule has 0 fully saturated rings. The Hall–Kier alpha value is -3.33. The lowest BCUT2D eigenvalue weighted by atomic mass is 9.95. The molecule has 4 rings (SSSR count). The molecule has 2 heterocycles. The molecule has 2 aromatic carbocycles. The molecule has 0 spiro atoms. The van der Waals surface area contributed by atoms with Gasteiger partial charge in [0, 0.05) is 16.2 Å². The van der Waals surface area contributed by atoms with Gasteiger partial charge in [0.1, 0.15) is 23.9 Å². The Labute approximate surface area is 182 Å². The summed E-state index contributed by atoms with van der Waals surface area (Å²) in [7, 11) is 3.12. The second-order valence-electron chi connectivity index (χ2n) is 6.67. The van der Waals surface area contributed by atoms with Crippen molar-refractivity contribution in [3.63, 3.8) is 0 Å². The third kappa shape index (κ3) is 3.63. The van der Waals surface area contributed by atoms with Crippen LogP contribution < -0.4 is 20.1 Å². The topological polar surface area (TPSA) is 90.3 Å². The molecule has 30 heavy (non-hydrogen) atoms. The molecule has 1 aliphatic heterocycles. The van der Waals surface area contributed by atoms with E-state index in [0.717, 1.165) is 10.0 Å². The normalized spacial score (nSPS) is 15.3. The van der Waals surface area contributed by atoms with Crippen molar-refractivity contribution in [1.29, 1.82) is 0 Å². The molecule has 0 aliphatic carbocycles. The Morgan fingerprint density at radius 1 is 1.17 bits per heavy atom. The van der Waals surface area contributed by atoms with Gasteiger partial charge in [-0.2, -0.15) is 10.1 Å². The van der Waals surface area contributed by atoms with Gasteiger partial charge in [0.25, 0.3) is 5.91 Å². The molecule has 0 bridgehead atoms. The molecular weight excluding hydrogens is 450 g/mol. The van der Waals surface area contributed by atoms with Gasteiger partial charge in [0.2, 0.25) is 5.95 Å². The van der Waals surface area contributed by atoms with Crippen molar-refractivity contribution < 1.29 is 14.3 Å². The zero-order chi connectivity index (χ0) is 21.3. The molecule has 9 heteroatoms. The summed E-state index contributed by atoms with van der Waals surface area (Å²) in [6.45, 7) is 1.85. The summed E-state index contributed by atoms with van der Waals surface area (Å²) in [5, 5.41) is 10.5. The largest absolute Gasteiger partial charge is 0.497 e. The molecule has 154 valence electrons. The summed E-state index contributed by atoms with van der Waals surface area (Å²) >= 11 is 3.46. The first-order valence-corrected chi connectivity index (χ1v) is 9.97. The zero-order valence-electron chi connectivity index (χ0n) is 16.6. The van der Waals surface area contributed by atoms with Gasteiger partial charge < -0.3 is 20.1 Å². The summed E-state index contributed by atoms with van der Waals surface area (Å²) in [4.78, 5) is 17.7.